The van der Waals surface area contributed by atoms with E-state index in [9.17, 15) is 4.79 Å². The third-order valence-corrected chi connectivity index (χ3v) is 4.64. The van der Waals surface area contributed by atoms with Gasteiger partial charge in [-0.1, -0.05) is 0 Å². The Hall–Kier alpha value is -1.93. The quantitative estimate of drug-likeness (QED) is 0.902. The van der Waals surface area contributed by atoms with E-state index in [2.05, 4.69) is 15.4 Å². The minimum atomic E-state index is -0.103. The van der Waals surface area contributed by atoms with E-state index in [0.29, 0.717) is 26.2 Å². The van der Waals surface area contributed by atoms with E-state index in [0.717, 1.165) is 23.5 Å². The molecular weight excluding hydrogens is 314 g/mol. The lowest BCUT2D eigenvalue weighted by atomic mass is 10.1. The molecule has 2 aromatic rings. The van der Waals surface area contributed by atoms with Crippen molar-refractivity contribution in [1.82, 2.24) is 25.0 Å². The Morgan fingerprint density at radius 1 is 1.57 bits per heavy atom. The molecule has 0 aromatic carbocycles. The van der Waals surface area contributed by atoms with Crippen LogP contribution in [-0.4, -0.2) is 51.9 Å². The Bertz CT molecular complexity index is 628. The molecule has 1 atom stereocenters. The molecule has 3 heterocycles. The van der Waals surface area contributed by atoms with Crippen molar-refractivity contribution in [2.75, 3.05) is 26.2 Å². The Morgan fingerprint density at radius 2 is 2.48 bits per heavy atom. The number of aromatic nitrogens is 3. The minimum Gasteiger partial charge on any atom is -0.370 e. The molecule has 0 aliphatic carbocycles. The molecule has 124 valence electrons. The van der Waals surface area contributed by atoms with Gasteiger partial charge in [-0.25, -0.2) is 9.78 Å². The van der Waals surface area contributed by atoms with Crippen molar-refractivity contribution in [1.29, 1.82) is 0 Å². The lowest BCUT2D eigenvalue weighted by Gasteiger charge is -2.32. The number of ether oxygens (including phenoxy) is 1. The average Bonchev–Trinajstić information content (AvgIpc) is 3.26. The van der Waals surface area contributed by atoms with Crippen molar-refractivity contribution in [3.63, 3.8) is 0 Å². The van der Waals surface area contributed by atoms with Crippen LogP contribution in [0.5, 0.6) is 0 Å². The Morgan fingerprint density at radius 3 is 3.22 bits per heavy atom. The van der Waals surface area contributed by atoms with E-state index < -0.39 is 0 Å². The zero-order chi connectivity index (χ0) is 16.1. The van der Waals surface area contributed by atoms with E-state index in [-0.39, 0.29) is 12.1 Å². The maximum absolute atomic E-state index is 12.3. The average molecular weight is 335 g/mol. The maximum Gasteiger partial charge on any atom is 0.317 e. The Balaban J connectivity index is 1.50. The molecule has 2 aromatic heterocycles. The van der Waals surface area contributed by atoms with Gasteiger partial charge in [-0.2, -0.15) is 5.10 Å². The number of nitrogens with zero attached hydrogens (tertiary/aromatic N) is 4. The zero-order valence-corrected chi connectivity index (χ0v) is 14.0. The number of carbonyl (C=O) groups is 1. The van der Waals surface area contributed by atoms with Gasteiger partial charge in [0.15, 0.2) is 0 Å². The Labute approximate surface area is 139 Å². The number of urea groups is 1. The molecule has 0 bridgehead atoms. The van der Waals surface area contributed by atoms with Crippen molar-refractivity contribution in [3.05, 3.63) is 34.5 Å². The van der Waals surface area contributed by atoms with Crippen molar-refractivity contribution in [3.8, 4) is 0 Å². The second kappa shape index (κ2) is 7.56. The smallest absolute Gasteiger partial charge is 0.317 e. The molecule has 1 fully saturated rings. The van der Waals surface area contributed by atoms with Crippen molar-refractivity contribution in [2.45, 2.75) is 26.0 Å². The first-order chi connectivity index (χ1) is 11.3. The van der Waals surface area contributed by atoms with Crippen LogP contribution >= 0.6 is 11.3 Å². The van der Waals surface area contributed by atoms with Crippen LogP contribution < -0.4 is 5.32 Å². The molecule has 23 heavy (non-hydrogen) atoms. The Kier molecular flexibility index (Phi) is 5.24. The molecule has 1 aliphatic heterocycles. The summed E-state index contributed by atoms with van der Waals surface area (Å²) in [6.45, 7) is 5.18. The highest BCUT2D eigenvalue weighted by Crippen LogP contribution is 2.21. The molecule has 0 radical (unpaired) electrons. The van der Waals surface area contributed by atoms with Gasteiger partial charge in [0.1, 0.15) is 6.10 Å². The zero-order valence-electron chi connectivity index (χ0n) is 13.1. The number of hydrogen-bond acceptors (Lipinski definition) is 5. The van der Waals surface area contributed by atoms with Gasteiger partial charge >= 0.3 is 6.03 Å². The first-order valence-electron chi connectivity index (χ1n) is 7.81. The number of aryl methyl sites for hydroxylation is 1. The molecular formula is C15H21N5O2S. The second-order valence-corrected chi connectivity index (χ2v) is 6.32. The first-order valence-corrected chi connectivity index (χ1v) is 8.69. The predicted molar refractivity (Wildman–Crippen MR) is 87.4 cm³/mol. The third kappa shape index (κ3) is 4.08. The maximum atomic E-state index is 12.3. The van der Waals surface area contributed by atoms with Gasteiger partial charge in [0, 0.05) is 49.4 Å². The summed E-state index contributed by atoms with van der Waals surface area (Å²) in [5.41, 5.74) is 1.02. The van der Waals surface area contributed by atoms with E-state index in [1.165, 1.54) is 0 Å². The van der Waals surface area contributed by atoms with Crippen molar-refractivity contribution in [2.24, 2.45) is 0 Å². The summed E-state index contributed by atoms with van der Waals surface area (Å²) in [4.78, 5) is 18.3. The monoisotopic (exact) mass is 335 g/mol. The molecule has 7 nitrogen and oxygen atoms in total. The number of hydrogen-bond donors (Lipinski definition) is 1. The second-order valence-electron chi connectivity index (χ2n) is 5.34. The highest BCUT2D eigenvalue weighted by molar-refractivity contribution is 7.09. The number of amides is 2. The predicted octanol–water partition coefficient (Wildman–Crippen LogP) is 1.69. The lowest BCUT2D eigenvalue weighted by Crippen LogP contribution is -2.47. The van der Waals surface area contributed by atoms with Gasteiger partial charge in [-0.05, 0) is 6.92 Å². The number of morpholine rings is 1. The number of thiazole rings is 1. The topological polar surface area (TPSA) is 72.3 Å². The highest BCUT2D eigenvalue weighted by atomic mass is 32.1. The van der Waals surface area contributed by atoms with Crippen LogP contribution in [0.1, 0.15) is 23.6 Å². The molecule has 3 rings (SSSR count). The number of rotatable bonds is 5. The van der Waals surface area contributed by atoms with Crippen LogP contribution in [0.15, 0.2) is 24.0 Å². The summed E-state index contributed by atoms with van der Waals surface area (Å²) in [5, 5.41) is 10.2. The van der Waals surface area contributed by atoms with E-state index in [1.54, 1.807) is 22.4 Å². The van der Waals surface area contributed by atoms with Gasteiger partial charge in [0.2, 0.25) is 0 Å². The summed E-state index contributed by atoms with van der Waals surface area (Å²) < 4.78 is 7.65. The minimum absolute atomic E-state index is 0.0438. The van der Waals surface area contributed by atoms with Crippen LogP contribution in [0.25, 0.3) is 0 Å². The number of nitrogens with one attached hydrogen (secondary N) is 1. The summed E-state index contributed by atoms with van der Waals surface area (Å²) in [6.07, 6.45) is 6.24. The first kappa shape index (κ1) is 15.9. The fraction of sp³-hybridized carbons (Fsp3) is 0.533. The van der Waals surface area contributed by atoms with Crippen LogP contribution in [0, 0.1) is 0 Å². The van der Waals surface area contributed by atoms with Gasteiger partial charge in [0.05, 0.1) is 24.4 Å². The summed E-state index contributed by atoms with van der Waals surface area (Å²) in [7, 11) is 0. The standard InChI is InChI=1S/C15H21N5O2S/c1-2-20-10-12(9-18-20)13-11-19(6-7-22-13)15(21)17-4-3-14-16-5-8-23-14/h5,8-10,13H,2-4,6-7,11H2,1H3,(H,17,21)/t13-/m1/s1. The molecule has 2 amide bonds. The van der Waals surface area contributed by atoms with Gasteiger partial charge in [-0.3, -0.25) is 4.68 Å². The highest BCUT2D eigenvalue weighted by Gasteiger charge is 2.26. The largest absolute Gasteiger partial charge is 0.370 e. The van der Waals surface area contributed by atoms with E-state index >= 15 is 0 Å². The van der Waals surface area contributed by atoms with E-state index in [1.807, 2.05) is 29.4 Å². The van der Waals surface area contributed by atoms with Crippen molar-refractivity contribution < 1.29 is 9.53 Å². The van der Waals surface area contributed by atoms with Crippen LogP contribution in [0.4, 0.5) is 4.79 Å². The summed E-state index contributed by atoms with van der Waals surface area (Å²) >= 11 is 1.61. The summed E-state index contributed by atoms with van der Waals surface area (Å²) in [5.74, 6) is 0. The van der Waals surface area contributed by atoms with Gasteiger partial charge in [-0.15, -0.1) is 11.3 Å². The SMILES string of the molecule is CCn1cc([C@H]2CN(C(=O)NCCc3nccs3)CCO2)cn1. The molecule has 1 aliphatic rings. The van der Waals surface area contributed by atoms with Crippen LogP contribution in [0.2, 0.25) is 0 Å². The molecule has 0 saturated carbocycles. The van der Waals surface area contributed by atoms with Crippen LogP contribution in [-0.2, 0) is 17.7 Å². The van der Waals surface area contributed by atoms with Crippen molar-refractivity contribution >= 4 is 17.4 Å². The van der Waals surface area contributed by atoms with Crippen LogP contribution in [0.3, 0.4) is 0 Å². The fourth-order valence-corrected chi connectivity index (χ4v) is 3.14. The van der Waals surface area contributed by atoms with Gasteiger partial charge in [0.25, 0.3) is 0 Å². The molecule has 1 saturated heterocycles. The third-order valence-electron chi connectivity index (χ3n) is 3.80. The molecule has 1 N–H and O–H groups in total. The molecule has 0 spiro atoms. The molecule has 8 heteroatoms. The van der Waals surface area contributed by atoms with E-state index in [4.69, 9.17) is 4.74 Å². The lowest BCUT2D eigenvalue weighted by molar-refractivity contribution is -0.0154. The summed E-state index contributed by atoms with van der Waals surface area (Å²) in [6, 6.07) is -0.0438. The normalized spacial score (nSPS) is 18.1. The van der Waals surface area contributed by atoms with Gasteiger partial charge < -0.3 is 15.0 Å². The molecule has 0 unspecified atom stereocenters. The number of carbonyl (C=O) groups excluding carboxylic acids is 1. The fourth-order valence-electron chi connectivity index (χ4n) is 2.52.